The molecule has 0 aliphatic rings. The van der Waals surface area contributed by atoms with Crippen LogP contribution in [0.3, 0.4) is 0 Å². The number of methoxy groups -OCH3 is 1. The van der Waals surface area contributed by atoms with Crippen molar-refractivity contribution in [2.45, 2.75) is 6.54 Å². The molecule has 2 aromatic rings. The lowest BCUT2D eigenvalue weighted by Crippen LogP contribution is -2.14. The van der Waals surface area contributed by atoms with E-state index >= 15 is 0 Å². The number of oxime groups is 1. The second-order valence-corrected chi connectivity index (χ2v) is 5.21. The summed E-state index contributed by atoms with van der Waals surface area (Å²) < 4.78 is 6.28. The van der Waals surface area contributed by atoms with Gasteiger partial charge in [-0.05, 0) is 45.8 Å². The van der Waals surface area contributed by atoms with Gasteiger partial charge in [0.25, 0.3) is 0 Å². The zero-order valence-electron chi connectivity index (χ0n) is 11.5. The van der Waals surface area contributed by atoms with Crippen molar-refractivity contribution in [1.82, 2.24) is 0 Å². The maximum atomic E-state index is 8.75. The highest BCUT2D eigenvalue weighted by Crippen LogP contribution is 2.24. The molecular formula is C15H16BrN3O2. The first kappa shape index (κ1) is 15.2. The molecule has 4 N–H and O–H groups in total. The van der Waals surface area contributed by atoms with Gasteiger partial charge in [-0.3, -0.25) is 0 Å². The number of nitrogens with two attached hydrogens (primary N) is 1. The van der Waals surface area contributed by atoms with E-state index in [0.717, 1.165) is 15.7 Å². The highest BCUT2D eigenvalue weighted by atomic mass is 79.9. The van der Waals surface area contributed by atoms with Crippen molar-refractivity contribution in [3.8, 4) is 5.75 Å². The maximum absolute atomic E-state index is 8.75. The van der Waals surface area contributed by atoms with Crippen molar-refractivity contribution in [1.29, 1.82) is 0 Å². The van der Waals surface area contributed by atoms with Gasteiger partial charge in [0.1, 0.15) is 5.75 Å². The van der Waals surface area contributed by atoms with E-state index in [1.807, 2.05) is 36.4 Å². The van der Waals surface area contributed by atoms with Gasteiger partial charge >= 0.3 is 0 Å². The number of nitrogens with zero attached hydrogens (tertiary/aromatic N) is 1. The fourth-order valence-electron chi connectivity index (χ4n) is 1.91. The van der Waals surface area contributed by atoms with Gasteiger partial charge in [0.05, 0.1) is 12.7 Å². The lowest BCUT2D eigenvalue weighted by molar-refractivity contribution is 0.318. The number of amidine groups is 1. The molecule has 0 fully saturated rings. The SMILES string of the molecule is COc1cc(CNc2ccccc2Br)ccc1/C(N)=N/O. The quantitative estimate of drug-likeness (QED) is 0.335. The van der Waals surface area contributed by atoms with Crippen LogP contribution in [0.15, 0.2) is 52.1 Å². The van der Waals surface area contributed by atoms with Crippen LogP contribution in [-0.2, 0) is 6.54 Å². The number of ether oxygens (including phenoxy) is 1. The van der Waals surface area contributed by atoms with Gasteiger partial charge in [0, 0.05) is 16.7 Å². The largest absolute Gasteiger partial charge is 0.496 e. The predicted molar refractivity (Wildman–Crippen MR) is 87.0 cm³/mol. The number of para-hydroxylation sites is 1. The summed E-state index contributed by atoms with van der Waals surface area (Å²) in [6.07, 6.45) is 0. The Morgan fingerprint density at radius 1 is 1.33 bits per heavy atom. The Balaban J connectivity index is 2.17. The molecule has 0 saturated carbocycles. The van der Waals surface area contributed by atoms with E-state index in [1.165, 1.54) is 0 Å². The Labute approximate surface area is 131 Å². The van der Waals surface area contributed by atoms with E-state index in [2.05, 4.69) is 26.4 Å². The van der Waals surface area contributed by atoms with E-state index in [4.69, 9.17) is 15.7 Å². The number of rotatable bonds is 5. The first-order valence-electron chi connectivity index (χ1n) is 6.29. The molecule has 5 nitrogen and oxygen atoms in total. The molecule has 6 heteroatoms. The molecule has 0 aromatic heterocycles. The Hall–Kier alpha value is -2.21. The summed E-state index contributed by atoms with van der Waals surface area (Å²) in [7, 11) is 1.55. The number of hydrogen-bond acceptors (Lipinski definition) is 4. The zero-order chi connectivity index (χ0) is 15.2. The molecule has 0 saturated heterocycles. The summed E-state index contributed by atoms with van der Waals surface area (Å²) in [5.41, 5.74) is 8.20. The molecule has 0 heterocycles. The van der Waals surface area contributed by atoms with Gasteiger partial charge in [0.15, 0.2) is 5.84 Å². The van der Waals surface area contributed by atoms with E-state index in [-0.39, 0.29) is 5.84 Å². The molecule has 110 valence electrons. The maximum Gasteiger partial charge on any atom is 0.173 e. The van der Waals surface area contributed by atoms with Crippen LogP contribution < -0.4 is 15.8 Å². The zero-order valence-corrected chi connectivity index (χ0v) is 13.1. The van der Waals surface area contributed by atoms with Crippen molar-refractivity contribution < 1.29 is 9.94 Å². The summed E-state index contributed by atoms with van der Waals surface area (Å²) >= 11 is 3.49. The monoisotopic (exact) mass is 349 g/mol. The molecule has 2 rings (SSSR count). The molecule has 0 radical (unpaired) electrons. The number of nitrogens with one attached hydrogen (secondary N) is 1. The van der Waals surface area contributed by atoms with Crippen molar-refractivity contribution in [2.75, 3.05) is 12.4 Å². The van der Waals surface area contributed by atoms with E-state index in [9.17, 15) is 0 Å². The lowest BCUT2D eigenvalue weighted by atomic mass is 10.1. The van der Waals surface area contributed by atoms with Gasteiger partial charge in [-0.2, -0.15) is 0 Å². The molecule has 2 aromatic carbocycles. The van der Waals surface area contributed by atoms with Gasteiger partial charge in [0.2, 0.25) is 0 Å². The van der Waals surface area contributed by atoms with Crippen molar-refractivity contribution in [2.24, 2.45) is 10.9 Å². The minimum Gasteiger partial charge on any atom is -0.496 e. The summed E-state index contributed by atoms with van der Waals surface area (Å²) in [5, 5.41) is 15.1. The van der Waals surface area contributed by atoms with Crippen LogP contribution >= 0.6 is 15.9 Å². The van der Waals surface area contributed by atoms with Crippen molar-refractivity contribution in [3.63, 3.8) is 0 Å². The Morgan fingerprint density at radius 2 is 2.10 bits per heavy atom. The second kappa shape index (κ2) is 6.99. The molecule has 0 aliphatic heterocycles. The van der Waals surface area contributed by atoms with Crippen molar-refractivity contribution in [3.05, 3.63) is 58.1 Å². The van der Waals surface area contributed by atoms with Gasteiger partial charge in [-0.25, -0.2) is 0 Å². The van der Waals surface area contributed by atoms with Gasteiger partial charge < -0.3 is 21.0 Å². The number of benzene rings is 2. The Bertz CT molecular complexity index is 659. The van der Waals surface area contributed by atoms with Crippen LogP contribution in [0.25, 0.3) is 0 Å². The number of hydrogen-bond donors (Lipinski definition) is 3. The third kappa shape index (κ3) is 3.66. The second-order valence-electron chi connectivity index (χ2n) is 4.35. The lowest BCUT2D eigenvalue weighted by Gasteiger charge is -2.12. The number of anilines is 1. The molecule has 0 aliphatic carbocycles. The van der Waals surface area contributed by atoms with Crippen LogP contribution in [0, 0.1) is 0 Å². The smallest absolute Gasteiger partial charge is 0.173 e. The molecular weight excluding hydrogens is 334 g/mol. The highest BCUT2D eigenvalue weighted by molar-refractivity contribution is 9.10. The third-order valence-electron chi connectivity index (χ3n) is 3.01. The van der Waals surface area contributed by atoms with Crippen LogP contribution in [0.4, 0.5) is 5.69 Å². The van der Waals surface area contributed by atoms with Crippen molar-refractivity contribution >= 4 is 27.5 Å². The summed E-state index contributed by atoms with van der Waals surface area (Å²) in [4.78, 5) is 0. The van der Waals surface area contributed by atoms with Gasteiger partial charge in [-0.1, -0.05) is 23.4 Å². The third-order valence-corrected chi connectivity index (χ3v) is 3.70. The fraction of sp³-hybridized carbons (Fsp3) is 0.133. The van der Waals surface area contributed by atoms with Crippen LogP contribution in [0.2, 0.25) is 0 Å². The Morgan fingerprint density at radius 3 is 2.76 bits per heavy atom. The normalized spacial score (nSPS) is 11.2. The minimum atomic E-state index is 0.0252. The van der Waals surface area contributed by atoms with Crippen LogP contribution in [0.5, 0.6) is 5.75 Å². The number of halogens is 1. The average Bonchev–Trinajstić information content (AvgIpc) is 2.53. The summed E-state index contributed by atoms with van der Waals surface area (Å²) in [6, 6.07) is 13.4. The summed E-state index contributed by atoms with van der Waals surface area (Å²) in [6.45, 7) is 0.634. The Kier molecular flexibility index (Phi) is 5.05. The minimum absolute atomic E-state index is 0.0252. The predicted octanol–water partition coefficient (Wildman–Crippen LogP) is 3.16. The summed E-state index contributed by atoms with van der Waals surface area (Å²) in [5.74, 6) is 0.592. The topological polar surface area (TPSA) is 79.9 Å². The first-order valence-corrected chi connectivity index (χ1v) is 7.08. The fourth-order valence-corrected chi connectivity index (χ4v) is 2.34. The molecule has 0 spiro atoms. The molecule has 0 amide bonds. The average molecular weight is 350 g/mol. The van der Waals surface area contributed by atoms with Gasteiger partial charge in [-0.15, -0.1) is 0 Å². The van der Waals surface area contributed by atoms with E-state index < -0.39 is 0 Å². The highest BCUT2D eigenvalue weighted by Gasteiger charge is 2.09. The van der Waals surface area contributed by atoms with Crippen LogP contribution in [0.1, 0.15) is 11.1 Å². The molecule has 0 unspecified atom stereocenters. The van der Waals surface area contributed by atoms with E-state index in [0.29, 0.717) is 17.9 Å². The molecule has 21 heavy (non-hydrogen) atoms. The first-order chi connectivity index (χ1) is 10.2. The van der Waals surface area contributed by atoms with Crippen LogP contribution in [-0.4, -0.2) is 18.2 Å². The molecule has 0 bridgehead atoms. The molecule has 0 atom stereocenters. The standard InChI is InChI=1S/C15H16BrN3O2/c1-21-14-8-10(6-7-11(14)15(17)19-20)9-18-13-5-3-2-4-12(13)16/h2-8,18,20H,9H2,1H3,(H2,17,19). The van der Waals surface area contributed by atoms with E-state index in [1.54, 1.807) is 13.2 Å².